The second-order valence-electron chi connectivity index (χ2n) is 8.26. The minimum absolute atomic E-state index is 0.228. The molecule has 3 rings (SSSR count). The number of aromatic hydroxyl groups is 1. The van der Waals surface area contributed by atoms with Gasteiger partial charge in [0.1, 0.15) is 5.75 Å². The number of carbonyl (C=O) groups excluding carboxylic acids is 1. The molecule has 0 saturated heterocycles. The first-order valence-corrected chi connectivity index (χ1v) is 11.2. The minimum atomic E-state index is -0.261. The fraction of sp³-hybridized carbons (Fsp3) is 0.640. The molecule has 2 aliphatic carbocycles. The number of methoxy groups -OCH3 is 1. The lowest BCUT2D eigenvalue weighted by Crippen LogP contribution is -2.05. The number of hydrogen-bond acceptors (Lipinski definition) is 3. The summed E-state index contributed by atoms with van der Waals surface area (Å²) in [6.07, 6.45) is 22.0. The van der Waals surface area contributed by atoms with Crippen LogP contribution in [0, 0.1) is 11.8 Å². The average molecular weight is 387 g/mol. The van der Waals surface area contributed by atoms with Crippen LogP contribution >= 0.6 is 0 Å². The molecule has 1 N–H and O–H groups in total. The molecule has 3 nitrogen and oxygen atoms in total. The van der Waals surface area contributed by atoms with E-state index in [0.717, 1.165) is 17.4 Å². The van der Waals surface area contributed by atoms with Gasteiger partial charge in [-0.1, -0.05) is 75.3 Å². The van der Waals surface area contributed by atoms with E-state index >= 15 is 0 Å². The highest BCUT2D eigenvalue weighted by atomic mass is 16.5. The standard InChI is InChI=1S/C15H26.C10H12O3/c1-2-8-14(9-3-1)10-4-5-11-15-12-6-7-13-15;1-13-10(12)7-6-8-4-2-3-5-9(8)11/h5,11,14-15H,1-4,6-10,12-13H2;2-5,11H,6-7H2,1H3/b11-5+;. The lowest BCUT2D eigenvalue weighted by molar-refractivity contribution is -0.140. The molecule has 1 aromatic rings. The molecule has 0 aromatic heterocycles. The van der Waals surface area contributed by atoms with Crippen LogP contribution in [0.15, 0.2) is 36.4 Å². The Morgan fingerprint density at radius 1 is 1.07 bits per heavy atom. The molecule has 28 heavy (non-hydrogen) atoms. The Kier molecular flexibility index (Phi) is 10.8. The van der Waals surface area contributed by atoms with E-state index in [4.69, 9.17) is 0 Å². The van der Waals surface area contributed by atoms with E-state index in [-0.39, 0.29) is 11.7 Å². The van der Waals surface area contributed by atoms with Crippen LogP contribution in [-0.2, 0) is 16.0 Å². The molecule has 0 heterocycles. The minimum Gasteiger partial charge on any atom is -0.508 e. The molecule has 2 aliphatic rings. The van der Waals surface area contributed by atoms with Gasteiger partial charge in [-0.2, -0.15) is 0 Å². The summed E-state index contributed by atoms with van der Waals surface area (Å²) in [4.78, 5) is 10.8. The number of hydrogen-bond donors (Lipinski definition) is 1. The predicted molar refractivity (Wildman–Crippen MR) is 115 cm³/mol. The molecule has 0 aliphatic heterocycles. The summed E-state index contributed by atoms with van der Waals surface area (Å²) in [5.41, 5.74) is 0.771. The zero-order valence-electron chi connectivity index (χ0n) is 17.6. The Morgan fingerprint density at radius 3 is 2.43 bits per heavy atom. The van der Waals surface area contributed by atoms with Crippen molar-refractivity contribution in [3.8, 4) is 5.75 Å². The van der Waals surface area contributed by atoms with Crippen molar-refractivity contribution in [1.29, 1.82) is 0 Å². The monoisotopic (exact) mass is 386 g/mol. The normalized spacial score (nSPS) is 18.0. The zero-order valence-corrected chi connectivity index (χ0v) is 17.6. The third-order valence-electron chi connectivity index (χ3n) is 6.09. The summed E-state index contributed by atoms with van der Waals surface area (Å²) in [6, 6.07) is 6.97. The van der Waals surface area contributed by atoms with Crippen molar-refractivity contribution in [2.75, 3.05) is 7.11 Å². The third kappa shape index (κ3) is 8.95. The molecule has 1 aromatic carbocycles. The van der Waals surface area contributed by atoms with E-state index in [0.29, 0.717) is 12.8 Å². The van der Waals surface area contributed by atoms with Crippen molar-refractivity contribution in [2.45, 2.75) is 83.5 Å². The third-order valence-corrected chi connectivity index (χ3v) is 6.09. The number of phenols is 1. The van der Waals surface area contributed by atoms with Crippen LogP contribution in [0.4, 0.5) is 0 Å². The number of esters is 1. The number of para-hydroxylation sites is 1. The lowest BCUT2D eigenvalue weighted by Gasteiger charge is -2.20. The van der Waals surface area contributed by atoms with E-state index < -0.39 is 0 Å². The van der Waals surface area contributed by atoms with Gasteiger partial charge in [0, 0.05) is 6.42 Å². The van der Waals surface area contributed by atoms with Crippen LogP contribution in [0.3, 0.4) is 0 Å². The predicted octanol–water partition coefficient (Wildman–Crippen LogP) is 6.59. The van der Waals surface area contributed by atoms with E-state index in [1.54, 1.807) is 18.2 Å². The van der Waals surface area contributed by atoms with E-state index in [9.17, 15) is 9.90 Å². The summed E-state index contributed by atoms with van der Waals surface area (Å²) >= 11 is 0. The number of rotatable bonds is 7. The van der Waals surface area contributed by atoms with Gasteiger partial charge in [0.05, 0.1) is 7.11 Å². The Hall–Kier alpha value is -1.77. The van der Waals surface area contributed by atoms with Gasteiger partial charge in [-0.3, -0.25) is 4.79 Å². The maximum atomic E-state index is 10.8. The number of phenolic OH excluding ortho intramolecular Hbond substituents is 1. The zero-order chi connectivity index (χ0) is 20.0. The molecule has 3 heteroatoms. The molecule has 0 amide bonds. The molecular weight excluding hydrogens is 348 g/mol. The van der Waals surface area contributed by atoms with E-state index in [1.165, 1.54) is 77.7 Å². The van der Waals surface area contributed by atoms with Crippen LogP contribution < -0.4 is 0 Å². The van der Waals surface area contributed by atoms with E-state index in [2.05, 4.69) is 16.9 Å². The fourth-order valence-corrected chi connectivity index (χ4v) is 4.31. The van der Waals surface area contributed by atoms with Crippen LogP contribution in [0.5, 0.6) is 5.75 Å². The van der Waals surface area contributed by atoms with Crippen molar-refractivity contribution in [3.63, 3.8) is 0 Å². The summed E-state index contributed by atoms with van der Waals surface area (Å²) in [5.74, 6) is 1.97. The van der Waals surface area contributed by atoms with Gasteiger partial charge >= 0.3 is 5.97 Å². The Bertz CT molecular complexity index is 581. The number of ether oxygens (including phenoxy) is 1. The highest BCUT2D eigenvalue weighted by Gasteiger charge is 2.13. The van der Waals surface area contributed by atoms with Gasteiger partial charge in [0.15, 0.2) is 0 Å². The number of benzene rings is 1. The second-order valence-corrected chi connectivity index (χ2v) is 8.26. The topological polar surface area (TPSA) is 46.5 Å². The van der Waals surface area contributed by atoms with Crippen LogP contribution in [-0.4, -0.2) is 18.2 Å². The Labute approximate surface area is 171 Å². The molecule has 0 atom stereocenters. The van der Waals surface area contributed by atoms with Crippen LogP contribution in [0.1, 0.15) is 82.6 Å². The molecule has 0 spiro atoms. The smallest absolute Gasteiger partial charge is 0.305 e. The fourth-order valence-electron chi connectivity index (χ4n) is 4.31. The highest BCUT2D eigenvalue weighted by Crippen LogP contribution is 2.28. The molecule has 0 bridgehead atoms. The first-order chi connectivity index (χ1) is 13.7. The first-order valence-electron chi connectivity index (χ1n) is 11.2. The molecular formula is C25H38O3. The van der Waals surface area contributed by atoms with Crippen molar-refractivity contribution in [2.24, 2.45) is 11.8 Å². The quantitative estimate of drug-likeness (QED) is 0.424. The SMILES string of the molecule is C(=C\C1CCCC1)/CCC1CCCCC1.COC(=O)CCc1ccccc1O. The van der Waals surface area contributed by atoms with Gasteiger partial charge in [0.2, 0.25) is 0 Å². The number of aryl methyl sites for hydroxylation is 1. The number of carbonyl (C=O) groups is 1. The van der Waals surface area contributed by atoms with Crippen LogP contribution in [0.2, 0.25) is 0 Å². The van der Waals surface area contributed by atoms with Crippen molar-refractivity contribution in [1.82, 2.24) is 0 Å². The molecule has 0 unspecified atom stereocenters. The molecule has 0 radical (unpaired) electrons. The van der Waals surface area contributed by atoms with Crippen molar-refractivity contribution >= 4 is 5.97 Å². The van der Waals surface area contributed by atoms with Gasteiger partial charge in [-0.25, -0.2) is 0 Å². The molecule has 156 valence electrons. The summed E-state index contributed by atoms with van der Waals surface area (Å²) in [6.45, 7) is 0. The number of allylic oxidation sites excluding steroid dienone is 2. The second kappa shape index (κ2) is 13.4. The summed E-state index contributed by atoms with van der Waals surface area (Å²) < 4.78 is 4.49. The van der Waals surface area contributed by atoms with Crippen molar-refractivity contribution < 1.29 is 14.6 Å². The summed E-state index contributed by atoms with van der Waals surface area (Å²) in [7, 11) is 1.35. The Morgan fingerprint density at radius 2 is 1.75 bits per heavy atom. The average Bonchev–Trinajstić information content (AvgIpc) is 3.25. The maximum absolute atomic E-state index is 10.8. The van der Waals surface area contributed by atoms with E-state index in [1.807, 2.05) is 6.07 Å². The van der Waals surface area contributed by atoms with Gasteiger partial charge in [0.25, 0.3) is 0 Å². The molecule has 2 fully saturated rings. The van der Waals surface area contributed by atoms with Gasteiger partial charge in [-0.05, 0) is 55.6 Å². The van der Waals surface area contributed by atoms with Gasteiger partial charge < -0.3 is 9.84 Å². The van der Waals surface area contributed by atoms with Crippen molar-refractivity contribution in [3.05, 3.63) is 42.0 Å². The largest absolute Gasteiger partial charge is 0.508 e. The Balaban J connectivity index is 0.000000203. The van der Waals surface area contributed by atoms with Gasteiger partial charge in [-0.15, -0.1) is 0 Å². The summed E-state index contributed by atoms with van der Waals surface area (Å²) in [5, 5.41) is 9.34. The van der Waals surface area contributed by atoms with Crippen LogP contribution in [0.25, 0.3) is 0 Å². The maximum Gasteiger partial charge on any atom is 0.305 e. The molecule has 2 saturated carbocycles. The first kappa shape index (κ1) is 22.5. The lowest BCUT2D eigenvalue weighted by atomic mass is 9.86. The highest BCUT2D eigenvalue weighted by molar-refractivity contribution is 5.69.